The van der Waals surface area contributed by atoms with Crippen LogP contribution >= 0.6 is 0 Å². The third-order valence-electron chi connectivity index (χ3n) is 7.09. The molecule has 0 aliphatic carbocycles. The van der Waals surface area contributed by atoms with Crippen molar-refractivity contribution in [1.82, 2.24) is 25.0 Å². The molecule has 2 aromatic heterocycles. The van der Waals surface area contributed by atoms with Crippen molar-refractivity contribution >= 4 is 18.3 Å². The van der Waals surface area contributed by atoms with Gasteiger partial charge in [0.1, 0.15) is 12.6 Å². The molecule has 1 fully saturated rings. The number of halogens is 2. The number of carbonyl (C=O) groups excluding carboxylic acids is 2. The lowest BCUT2D eigenvalue weighted by molar-refractivity contribution is -0.111. The Kier molecular flexibility index (Phi) is 11.8. The van der Waals surface area contributed by atoms with Crippen molar-refractivity contribution in [2.45, 2.75) is 52.5 Å². The normalized spacial score (nSPS) is 14.3. The Hall–Kier alpha value is -3.57. The van der Waals surface area contributed by atoms with Gasteiger partial charge in [0.2, 0.25) is 5.89 Å². The molecule has 0 spiro atoms. The van der Waals surface area contributed by atoms with Crippen molar-refractivity contribution in [1.29, 1.82) is 0 Å². The number of rotatable bonds is 11. The third-order valence-corrected chi connectivity index (χ3v) is 7.09. The topological polar surface area (TPSA) is 95.7 Å². The first kappa shape index (κ1) is 32.9. The second-order valence-corrected chi connectivity index (χ2v) is 11.8. The van der Waals surface area contributed by atoms with E-state index in [2.05, 4.69) is 38.8 Å². The number of aldehydes is 2. The van der Waals surface area contributed by atoms with Crippen LogP contribution in [-0.2, 0) is 16.8 Å². The zero-order valence-electron chi connectivity index (χ0n) is 25.4. The predicted octanol–water partition coefficient (Wildman–Crippen LogP) is 5.27. The highest BCUT2D eigenvalue weighted by molar-refractivity contribution is 5.84. The largest absolute Gasteiger partial charge is 0.415 e. The molecule has 1 saturated heterocycles. The van der Waals surface area contributed by atoms with Crippen LogP contribution in [-0.4, -0.2) is 84.4 Å². The van der Waals surface area contributed by atoms with Crippen LogP contribution in [0.2, 0.25) is 0 Å². The van der Waals surface area contributed by atoms with Crippen LogP contribution in [0.15, 0.2) is 40.9 Å². The summed E-state index contributed by atoms with van der Waals surface area (Å²) >= 11 is 0. The number of pyridine rings is 1. The van der Waals surface area contributed by atoms with Gasteiger partial charge in [-0.2, -0.15) is 8.78 Å². The van der Waals surface area contributed by atoms with Crippen molar-refractivity contribution in [2.24, 2.45) is 5.92 Å². The van der Waals surface area contributed by atoms with E-state index in [1.807, 2.05) is 51.0 Å². The van der Waals surface area contributed by atoms with Crippen molar-refractivity contribution in [3.8, 4) is 11.5 Å². The van der Waals surface area contributed by atoms with Gasteiger partial charge >= 0.3 is 6.43 Å². The first-order valence-corrected chi connectivity index (χ1v) is 14.2. The molecule has 3 aromatic rings. The van der Waals surface area contributed by atoms with Crippen LogP contribution in [0.1, 0.15) is 68.0 Å². The van der Waals surface area contributed by atoms with Gasteiger partial charge in [-0.1, -0.05) is 19.9 Å². The van der Waals surface area contributed by atoms with Crippen LogP contribution in [0, 0.1) is 5.92 Å². The Labute approximate surface area is 246 Å². The van der Waals surface area contributed by atoms with Crippen LogP contribution in [0.5, 0.6) is 0 Å². The number of benzene rings is 1. The van der Waals surface area contributed by atoms with E-state index in [1.165, 1.54) is 12.6 Å². The maximum absolute atomic E-state index is 12.3. The van der Waals surface area contributed by atoms with Gasteiger partial charge in [-0.25, -0.2) is 0 Å². The summed E-state index contributed by atoms with van der Waals surface area (Å²) in [6, 6.07) is 9.41. The van der Waals surface area contributed by atoms with E-state index in [1.54, 1.807) is 12.1 Å². The van der Waals surface area contributed by atoms with Gasteiger partial charge in [-0.3, -0.25) is 14.7 Å². The number of anilines is 1. The van der Waals surface area contributed by atoms with E-state index in [4.69, 9.17) is 4.42 Å². The number of piperazine rings is 1. The molecular formula is C31H42F2N6O3. The molecule has 11 heteroatoms. The number of hydrogen-bond donors (Lipinski definition) is 0. The number of aromatic nitrogens is 3. The molecule has 0 unspecified atom stereocenters. The van der Waals surface area contributed by atoms with Crippen LogP contribution in [0.4, 0.5) is 14.5 Å². The summed E-state index contributed by atoms with van der Waals surface area (Å²) in [7, 11) is 3.87. The monoisotopic (exact) mass is 584 g/mol. The minimum atomic E-state index is -2.76. The summed E-state index contributed by atoms with van der Waals surface area (Å²) < 4.78 is 29.4. The van der Waals surface area contributed by atoms with Gasteiger partial charge in [0.05, 0.1) is 11.3 Å². The van der Waals surface area contributed by atoms with Gasteiger partial charge in [0.15, 0.2) is 0 Å². The molecule has 1 aromatic carbocycles. The lowest BCUT2D eigenvalue weighted by Gasteiger charge is -2.36. The molecule has 0 atom stereocenters. The molecule has 1 aliphatic rings. The molecule has 9 nitrogen and oxygen atoms in total. The molecule has 1 aliphatic heterocycles. The van der Waals surface area contributed by atoms with Gasteiger partial charge in [0.25, 0.3) is 5.89 Å². The predicted molar refractivity (Wildman–Crippen MR) is 159 cm³/mol. The fourth-order valence-corrected chi connectivity index (χ4v) is 4.57. The lowest BCUT2D eigenvalue weighted by Crippen LogP contribution is -2.46. The van der Waals surface area contributed by atoms with E-state index in [-0.39, 0.29) is 5.89 Å². The van der Waals surface area contributed by atoms with Crippen molar-refractivity contribution in [2.75, 3.05) is 51.7 Å². The molecule has 0 N–H and O–H groups in total. The van der Waals surface area contributed by atoms with Crippen LogP contribution in [0.25, 0.3) is 11.5 Å². The molecule has 0 saturated carbocycles. The molecule has 0 amide bonds. The Morgan fingerprint density at radius 1 is 1.05 bits per heavy atom. The second-order valence-electron chi connectivity index (χ2n) is 11.8. The second kappa shape index (κ2) is 15.1. The molecule has 228 valence electrons. The zero-order chi connectivity index (χ0) is 30.9. The standard InChI is InChI=1S/C20H30N2O2.C11H12F2N4O/c1-16(2)7-8-21-9-11-22(12-10-21)18-5-6-19(17(13-18)14-23)20(3,4)15-24;1-17(2)6-8-4-3-7(5-14-8)10-15-16-11(18-10)9(12)13/h5-6,13-16H,7-12H2,1-4H3;3-5,9H,6H2,1-2H3. The minimum Gasteiger partial charge on any atom is -0.415 e. The van der Waals surface area contributed by atoms with E-state index in [0.717, 1.165) is 68.2 Å². The Morgan fingerprint density at radius 2 is 1.76 bits per heavy atom. The summed E-state index contributed by atoms with van der Waals surface area (Å²) in [5.41, 5.74) is 3.25. The van der Waals surface area contributed by atoms with Crippen LogP contribution < -0.4 is 4.90 Å². The Balaban J connectivity index is 0.000000240. The summed E-state index contributed by atoms with van der Waals surface area (Å²) in [5, 5.41) is 6.81. The molecular weight excluding hydrogens is 542 g/mol. The molecule has 0 bridgehead atoms. The average Bonchev–Trinajstić information content (AvgIpc) is 3.47. The fourth-order valence-electron chi connectivity index (χ4n) is 4.57. The van der Waals surface area contributed by atoms with Gasteiger partial charge in [-0.05, 0) is 76.7 Å². The molecule has 4 rings (SSSR count). The van der Waals surface area contributed by atoms with E-state index in [9.17, 15) is 18.4 Å². The minimum absolute atomic E-state index is 0.0502. The number of alkyl halides is 2. The molecule has 42 heavy (non-hydrogen) atoms. The van der Waals surface area contributed by atoms with Gasteiger partial charge in [-0.15, -0.1) is 10.2 Å². The van der Waals surface area contributed by atoms with E-state index in [0.29, 0.717) is 17.7 Å². The fraction of sp³-hybridized carbons (Fsp3) is 0.516. The van der Waals surface area contributed by atoms with Gasteiger partial charge in [0, 0.05) is 55.6 Å². The Morgan fingerprint density at radius 3 is 2.29 bits per heavy atom. The number of carbonyl (C=O) groups is 2. The Bertz CT molecular complexity index is 1290. The average molecular weight is 585 g/mol. The number of nitrogens with zero attached hydrogens (tertiary/aromatic N) is 6. The maximum Gasteiger partial charge on any atom is 0.314 e. The quantitative estimate of drug-likeness (QED) is 0.279. The highest BCUT2D eigenvalue weighted by Crippen LogP contribution is 2.28. The summed E-state index contributed by atoms with van der Waals surface area (Å²) in [4.78, 5) is 33.8. The SMILES string of the molecule is CC(C)CCN1CCN(c2ccc(C(C)(C)C=O)c(C=O)c2)CC1.CN(C)Cc1ccc(-c2nnc(C(F)F)o2)cn1. The van der Waals surface area contributed by atoms with E-state index >= 15 is 0 Å². The zero-order valence-corrected chi connectivity index (χ0v) is 25.4. The highest BCUT2D eigenvalue weighted by atomic mass is 19.3. The van der Waals surface area contributed by atoms with Crippen molar-refractivity contribution in [3.63, 3.8) is 0 Å². The van der Waals surface area contributed by atoms with Crippen molar-refractivity contribution in [3.05, 3.63) is 59.2 Å². The first-order chi connectivity index (χ1) is 19.9. The maximum atomic E-state index is 12.3. The summed E-state index contributed by atoms with van der Waals surface area (Å²) in [6.07, 6.45) is 1.78. The van der Waals surface area contributed by atoms with E-state index < -0.39 is 17.7 Å². The summed E-state index contributed by atoms with van der Waals surface area (Å²) in [5.74, 6) is 0.114. The van der Waals surface area contributed by atoms with Crippen molar-refractivity contribution < 1.29 is 22.8 Å². The third kappa shape index (κ3) is 9.22. The first-order valence-electron chi connectivity index (χ1n) is 14.2. The summed E-state index contributed by atoms with van der Waals surface area (Å²) in [6.45, 7) is 14.2. The van der Waals surface area contributed by atoms with Crippen LogP contribution in [0.3, 0.4) is 0 Å². The molecule has 3 heterocycles. The number of hydrogen-bond acceptors (Lipinski definition) is 9. The highest BCUT2D eigenvalue weighted by Gasteiger charge is 2.24. The lowest BCUT2D eigenvalue weighted by atomic mass is 9.83. The molecule has 0 radical (unpaired) electrons. The smallest absolute Gasteiger partial charge is 0.314 e. The van der Waals surface area contributed by atoms with Gasteiger partial charge < -0.3 is 19.0 Å².